The van der Waals surface area contributed by atoms with Crippen LogP contribution in [-0.2, 0) is 0 Å². The molecule has 0 fully saturated rings. The summed E-state index contributed by atoms with van der Waals surface area (Å²) in [5, 5.41) is 1.38. The molecule has 0 aliphatic heterocycles. The molecule has 0 heterocycles. The molecular weight excluding hydrogens is 277 g/mol. The monoisotopic (exact) mass is 287 g/mol. The summed E-state index contributed by atoms with van der Waals surface area (Å²) in [7, 11) is 0. The first-order valence-corrected chi connectivity index (χ1v) is 6.50. The number of nitrogens with zero attached hydrogens (tertiary/aromatic N) is 1. The van der Waals surface area contributed by atoms with Gasteiger partial charge in [-0.15, -0.1) is 0 Å². The lowest BCUT2D eigenvalue weighted by atomic mass is 10.2. The number of rotatable bonds is 2. The van der Waals surface area contributed by atoms with E-state index in [9.17, 15) is 0 Å². The second-order valence-electron chi connectivity index (χ2n) is 3.80. The predicted octanol–water partition coefficient (Wildman–Crippen LogP) is 4.46. The van der Waals surface area contributed by atoms with Crippen molar-refractivity contribution in [3.63, 3.8) is 0 Å². The summed E-state index contributed by atoms with van der Waals surface area (Å²) >= 11 is 11.9. The number of benzene rings is 2. The van der Waals surface area contributed by atoms with Crippen molar-refractivity contribution >= 4 is 29.4 Å². The zero-order valence-electron chi connectivity index (χ0n) is 10.1. The standard InChI is InChI=1S/C16H11Cl2N/c17-15-8-3-5-13(11-15)6-4-10-19-12-14-7-1-2-9-16(14)18/h1-3,5,7-9,11-12H,10H2/b19-12+. The highest BCUT2D eigenvalue weighted by Crippen LogP contribution is 2.12. The molecule has 0 spiro atoms. The van der Waals surface area contributed by atoms with Crippen molar-refractivity contribution in [2.75, 3.05) is 6.54 Å². The Balaban J connectivity index is 1.96. The first-order chi connectivity index (χ1) is 9.25. The van der Waals surface area contributed by atoms with Crippen LogP contribution in [0.1, 0.15) is 11.1 Å². The molecule has 94 valence electrons. The Morgan fingerprint density at radius 2 is 1.89 bits per heavy atom. The highest BCUT2D eigenvalue weighted by Gasteiger charge is 1.92. The zero-order valence-corrected chi connectivity index (χ0v) is 11.6. The number of aliphatic imine (C=N–C) groups is 1. The van der Waals surface area contributed by atoms with E-state index in [0.717, 1.165) is 11.1 Å². The highest BCUT2D eigenvalue weighted by atomic mass is 35.5. The van der Waals surface area contributed by atoms with Gasteiger partial charge in [-0.05, 0) is 24.3 Å². The van der Waals surface area contributed by atoms with Crippen LogP contribution in [0.3, 0.4) is 0 Å². The Bertz CT molecular complexity index is 651. The van der Waals surface area contributed by atoms with Gasteiger partial charge in [0.1, 0.15) is 6.54 Å². The zero-order chi connectivity index (χ0) is 13.5. The molecule has 19 heavy (non-hydrogen) atoms. The summed E-state index contributed by atoms with van der Waals surface area (Å²) in [6.45, 7) is 0.428. The van der Waals surface area contributed by atoms with Crippen LogP contribution < -0.4 is 0 Å². The Morgan fingerprint density at radius 1 is 1.05 bits per heavy atom. The molecule has 0 radical (unpaired) electrons. The third-order valence-corrected chi connectivity index (χ3v) is 2.94. The molecule has 0 aliphatic carbocycles. The van der Waals surface area contributed by atoms with Crippen LogP contribution in [0, 0.1) is 11.8 Å². The fraction of sp³-hybridized carbons (Fsp3) is 0.0625. The molecule has 1 nitrogen and oxygen atoms in total. The van der Waals surface area contributed by atoms with Crippen molar-refractivity contribution in [1.82, 2.24) is 0 Å². The van der Waals surface area contributed by atoms with Crippen molar-refractivity contribution in [3.8, 4) is 11.8 Å². The van der Waals surface area contributed by atoms with Crippen LogP contribution in [0.15, 0.2) is 53.5 Å². The predicted molar refractivity (Wildman–Crippen MR) is 82.2 cm³/mol. The van der Waals surface area contributed by atoms with Gasteiger partial charge in [0.15, 0.2) is 0 Å². The molecule has 0 saturated heterocycles. The van der Waals surface area contributed by atoms with E-state index in [2.05, 4.69) is 16.8 Å². The van der Waals surface area contributed by atoms with Crippen molar-refractivity contribution in [2.45, 2.75) is 0 Å². The molecule has 2 rings (SSSR count). The van der Waals surface area contributed by atoms with Gasteiger partial charge in [-0.25, -0.2) is 0 Å². The summed E-state index contributed by atoms with van der Waals surface area (Å²) < 4.78 is 0. The number of halogens is 2. The third-order valence-electron chi connectivity index (χ3n) is 2.36. The third kappa shape index (κ3) is 4.44. The minimum atomic E-state index is 0.428. The molecule has 2 aromatic carbocycles. The molecule has 0 aromatic heterocycles. The van der Waals surface area contributed by atoms with E-state index < -0.39 is 0 Å². The molecule has 0 aliphatic rings. The van der Waals surface area contributed by atoms with E-state index in [-0.39, 0.29) is 0 Å². The van der Waals surface area contributed by atoms with Gasteiger partial charge < -0.3 is 0 Å². The second-order valence-corrected chi connectivity index (χ2v) is 4.65. The fourth-order valence-corrected chi connectivity index (χ4v) is 1.85. The van der Waals surface area contributed by atoms with E-state index in [1.165, 1.54) is 0 Å². The Hall–Kier alpha value is -1.75. The summed E-state index contributed by atoms with van der Waals surface area (Å²) in [6.07, 6.45) is 1.73. The van der Waals surface area contributed by atoms with E-state index in [0.29, 0.717) is 16.6 Å². The van der Waals surface area contributed by atoms with Gasteiger partial charge >= 0.3 is 0 Å². The number of hydrogen-bond acceptors (Lipinski definition) is 1. The molecule has 3 heteroatoms. The van der Waals surface area contributed by atoms with E-state index in [1.807, 2.05) is 48.5 Å². The van der Waals surface area contributed by atoms with Crippen molar-refractivity contribution in [2.24, 2.45) is 4.99 Å². The van der Waals surface area contributed by atoms with Crippen molar-refractivity contribution in [1.29, 1.82) is 0 Å². The van der Waals surface area contributed by atoms with E-state index >= 15 is 0 Å². The molecule has 0 N–H and O–H groups in total. The fourth-order valence-electron chi connectivity index (χ4n) is 1.48. The maximum absolute atomic E-state index is 6.01. The van der Waals surface area contributed by atoms with Gasteiger partial charge in [-0.3, -0.25) is 4.99 Å². The topological polar surface area (TPSA) is 12.4 Å². The molecular formula is C16H11Cl2N. The smallest absolute Gasteiger partial charge is 0.100 e. The molecule has 0 unspecified atom stereocenters. The van der Waals surface area contributed by atoms with Gasteiger partial charge in [-0.2, -0.15) is 0 Å². The van der Waals surface area contributed by atoms with Crippen LogP contribution in [0.4, 0.5) is 0 Å². The lowest BCUT2D eigenvalue weighted by Crippen LogP contribution is -1.84. The van der Waals surface area contributed by atoms with Crippen molar-refractivity contribution in [3.05, 3.63) is 69.7 Å². The van der Waals surface area contributed by atoms with Crippen molar-refractivity contribution < 1.29 is 0 Å². The average molecular weight is 288 g/mol. The maximum atomic E-state index is 6.01. The highest BCUT2D eigenvalue weighted by molar-refractivity contribution is 6.33. The summed E-state index contributed by atoms with van der Waals surface area (Å²) in [5.74, 6) is 5.97. The van der Waals surface area contributed by atoms with Gasteiger partial charge in [0.05, 0.1) is 0 Å². The average Bonchev–Trinajstić information content (AvgIpc) is 2.40. The molecule has 0 amide bonds. The van der Waals surface area contributed by atoms with E-state index in [4.69, 9.17) is 23.2 Å². The van der Waals surface area contributed by atoms with Gasteiger partial charge in [-0.1, -0.05) is 59.3 Å². The lowest BCUT2D eigenvalue weighted by molar-refractivity contribution is 1.30. The normalized spacial score (nSPS) is 10.2. The Labute approximate surface area is 122 Å². The Morgan fingerprint density at radius 3 is 2.68 bits per heavy atom. The molecule has 0 saturated carbocycles. The largest absolute Gasteiger partial charge is 0.280 e. The van der Waals surface area contributed by atoms with Crippen LogP contribution in [0.5, 0.6) is 0 Å². The van der Waals surface area contributed by atoms with E-state index in [1.54, 1.807) is 6.21 Å². The first-order valence-electron chi connectivity index (χ1n) is 5.74. The summed E-state index contributed by atoms with van der Waals surface area (Å²) in [6, 6.07) is 15.0. The first kappa shape index (κ1) is 13.7. The van der Waals surface area contributed by atoms with Crippen LogP contribution in [-0.4, -0.2) is 12.8 Å². The second kappa shape index (κ2) is 6.99. The van der Waals surface area contributed by atoms with Gasteiger partial charge in [0, 0.05) is 27.4 Å². The minimum absolute atomic E-state index is 0.428. The van der Waals surface area contributed by atoms with Gasteiger partial charge in [0.2, 0.25) is 0 Å². The summed E-state index contributed by atoms with van der Waals surface area (Å²) in [5.41, 5.74) is 1.79. The maximum Gasteiger partial charge on any atom is 0.100 e. The minimum Gasteiger partial charge on any atom is -0.280 e. The molecule has 0 bridgehead atoms. The summed E-state index contributed by atoms with van der Waals surface area (Å²) in [4.78, 5) is 4.22. The lowest BCUT2D eigenvalue weighted by Gasteiger charge is -1.94. The van der Waals surface area contributed by atoms with Crippen LogP contribution >= 0.6 is 23.2 Å². The van der Waals surface area contributed by atoms with Crippen LogP contribution in [0.25, 0.3) is 0 Å². The Kier molecular flexibility index (Phi) is 5.03. The molecule has 0 atom stereocenters. The SMILES string of the molecule is Clc1cccc(C#CC/N=C/c2ccccc2Cl)c1. The van der Waals surface area contributed by atoms with Crippen LogP contribution in [0.2, 0.25) is 10.0 Å². The van der Waals surface area contributed by atoms with Gasteiger partial charge in [0.25, 0.3) is 0 Å². The quantitative estimate of drug-likeness (QED) is 0.571. The number of hydrogen-bond donors (Lipinski definition) is 0. The molecule has 2 aromatic rings.